The van der Waals surface area contributed by atoms with Gasteiger partial charge in [0.15, 0.2) is 0 Å². The highest BCUT2D eigenvalue weighted by Crippen LogP contribution is 2.14. The Bertz CT molecular complexity index is 494. The van der Waals surface area contributed by atoms with Crippen LogP contribution in [0.3, 0.4) is 0 Å². The molecule has 3 nitrogen and oxygen atoms in total. The Hall–Kier alpha value is -1.87. The second-order valence-electron chi connectivity index (χ2n) is 4.29. The topological polar surface area (TPSA) is 34.1 Å². The van der Waals surface area contributed by atoms with Crippen molar-refractivity contribution in [2.24, 2.45) is 0 Å². The van der Waals surface area contributed by atoms with E-state index in [-0.39, 0.29) is 0 Å². The van der Waals surface area contributed by atoms with Gasteiger partial charge in [-0.05, 0) is 43.3 Å². The van der Waals surface area contributed by atoms with Gasteiger partial charge in [-0.25, -0.2) is 0 Å². The summed E-state index contributed by atoms with van der Waals surface area (Å²) in [6.45, 7) is 3.40. The summed E-state index contributed by atoms with van der Waals surface area (Å²) in [7, 11) is 1.93. The van der Waals surface area contributed by atoms with Gasteiger partial charge in [-0.15, -0.1) is 0 Å². The van der Waals surface area contributed by atoms with Crippen LogP contribution in [0.1, 0.15) is 16.8 Å². The summed E-state index contributed by atoms with van der Waals surface area (Å²) in [5.74, 6) is 0.885. The molecule has 3 heteroatoms. The van der Waals surface area contributed by atoms with Gasteiger partial charge in [-0.3, -0.25) is 4.98 Å². The van der Waals surface area contributed by atoms with Crippen molar-refractivity contribution in [1.29, 1.82) is 0 Å². The normalized spacial score (nSPS) is 10.3. The molecule has 0 aliphatic carbocycles. The van der Waals surface area contributed by atoms with Crippen LogP contribution in [0.15, 0.2) is 42.6 Å². The van der Waals surface area contributed by atoms with E-state index in [9.17, 15) is 0 Å². The number of ether oxygens (including phenoxy) is 1. The number of hydrogen-bond donors (Lipinski definition) is 1. The molecule has 1 heterocycles. The van der Waals surface area contributed by atoms with Crippen LogP contribution in [0.4, 0.5) is 0 Å². The van der Waals surface area contributed by atoms with Gasteiger partial charge in [0.1, 0.15) is 12.4 Å². The smallest absolute Gasteiger partial charge is 0.130 e. The van der Waals surface area contributed by atoms with E-state index in [0.29, 0.717) is 6.61 Å². The van der Waals surface area contributed by atoms with Crippen LogP contribution in [-0.2, 0) is 13.2 Å². The number of benzene rings is 1. The number of pyridine rings is 1. The summed E-state index contributed by atoms with van der Waals surface area (Å²) >= 11 is 0. The molecule has 2 aromatic rings. The molecule has 0 aliphatic heterocycles. The molecule has 1 N–H and O–H groups in total. The largest absolute Gasteiger partial charge is 0.487 e. The Morgan fingerprint density at radius 3 is 2.78 bits per heavy atom. The van der Waals surface area contributed by atoms with Gasteiger partial charge >= 0.3 is 0 Å². The highest BCUT2D eigenvalue weighted by atomic mass is 16.5. The monoisotopic (exact) mass is 242 g/mol. The summed E-state index contributed by atoms with van der Waals surface area (Å²) in [4.78, 5) is 4.37. The first-order valence-corrected chi connectivity index (χ1v) is 6.06. The highest BCUT2D eigenvalue weighted by Gasteiger charge is 1.98. The maximum Gasteiger partial charge on any atom is 0.130 e. The molecule has 0 unspecified atom stereocenters. The third-order valence-corrected chi connectivity index (χ3v) is 2.64. The zero-order valence-corrected chi connectivity index (χ0v) is 10.8. The zero-order valence-electron chi connectivity index (χ0n) is 10.8. The number of nitrogens with zero attached hydrogens (tertiary/aromatic N) is 1. The van der Waals surface area contributed by atoms with E-state index in [1.807, 2.05) is 37.5 Å². The third-order valence-electron chi connectivity index (χ3n) is 2.64. The van der Waals surface area contributed by atoms with Crippen LogP contribution in [-0.4, -0.2) is 12.0 Å². The fourth-order valence-electron chi connectivity index (χ4n) is 1.71. The SMILES string of the molecule is CNCc1ccc(COc2cccc(C)c2)nc1. The van der Waals surface area contributed by atoms with E-state index in [4.69, 9.17) is 4.74 Å². The molecule has 0 spiro atoms. The molecular formula is C15H18N2O. The quantitative estimate of drug-likeness (QED) is 0.875. The minimum absolute atomic E-state index is 0.503. The van der Waals surface area contributed by atoms with E-state index < -0.39 is 0 Å². The number of hydrogen-bond acceptors (Lipinski definition) is 3. The van der Waals surface area contributed by atoms with E-state index in [2.05, 4.69) is 29.4 Å². The van der Waals surface area contributed by atoms with Gasteiger partial charge in [-0.2, -0.15) is 0 Å². The van der Waals surface area contributed by atoms with Crippen molar-refractivity contribution in [2.75, 3.05) is 7.05 Å². The first-order valence-electron chi connectivity index (χ1n) is 6.06. The molecule has 2 rings (SSSR count). The van der Waals surface area contributed by atoms with Gasteiger partial charge < -0.3 is 10.1 Å². The summed E-state index contributed by atoms with van der Waals surface area (Å²) in [5, 5.41) is 3.10. The van der Waals surface area contributed by atoms with Crippen LogP contribution in [0, 0.1) is 6.92 Å². The summed E-state index contributed by atoms with van der Waals surface area (Å²) < 4.78 is 5.69. The number of aromatic nitrogens is 1. The Labute approximate surface area is 108 Å². The summed E-state index contributed by atoms with van der Waals surface area (Å²) in [5.41, 5.74) is 3.32. The molecule has 0 aliphatic rings. The van der Waals surface area contributed by atoms with Crippen molar-refractivity contribution in [3.05, 3.63) is 59.4 Å². The van der Waals surface area contributed by atoms with Gasteiger partial charge in [0, 0.05) is 12.7 Å². The van der Waals surface area contributed by atoms with Gasteiger partial charge in [0.05, 0.1) is 5.69 Å². The first-order chi connectivity index (χ1) is 8.78. The van der Waals surface area contributed by atoms with Crippen molar-refractivity contribution >= 4 is 0 Å². The molecule has 0 bridgehead atoms. The predicted octanol–water partition coefficient (Wildman–Crippen LogP) is 2.69. The van der Waals surface area contributed by atoms with Crippen molar-refractivity contribution in [2.45, 2.75) is 20.1 Å². The number of aryl methyl sites for hydroxylation is 1. The molecular weight excluding hydrogens is 224 g/mol. The number of nitrogens with one attached hydrogen (secondary N) is 1. The highest BCUT2D eigenvalue weighted by molar-refractivity contribution is 5.27. The Kier molecular flexibility index (Phi) is 4.31. The molecule has 0 amide bonds. The molecule has 0 saturated carbocycles. The molecule has 94 valence electrons. The van der Waals surface area contributed by atoms with Crippen molar-refractivity contribution in [3.8, 4) is 5.75 Å². The maximum atomic E-state index is 5.69. The molecule has 0 atom stereocenters. The third kappa shape index (κ3) is 3.57. The van der Waals surface area contributed by atoms with Crippen LogP contribution in [0.5, 0.6) is 5.75 Å². The Morgan fingerprint density at radius 1 is 1.22 bits per heavy atom. The molecule has 0 fully saturated rings. The van der Waals surface area contributed by atoms with Crippen molar-refractivity contribution < 1.29 is 4.74 Å². The second-order valence-corrected chi connectivity index (χ2v) is 4.29. The lowest BCUT2D eigenvalue weighted by Crippen LogP contribution is -2.06. The molecule has 1 aromatic carbocycles. The first kappa shape index (κ1) is 12.6. The lowest BCUT2D eigenvalue weighted by molar-refractivity contribution is 0.301. The average molecular weight is 242 g/mol. The standard InChI is InChI=1S/C15H18N2O/c1-12-4-3-5-15(8-12)18-11-14-7-6-13(9-16-2)10-17-14/h3-8,10,16H,9,11H2,1-2H3. The number of rotatable bonds is 5. The predicted molar refractivity (Wildman–Crippen MR) is 72.5 cm³/mol. The molecule has 18 heavy (non-hydrogen) atoms. The minimum Gasteiger partial charge on any atom is -0.487 e. The van der Waals surface area contributed by atoms with Crippen LogP contribution < -0.4 is 10.1 Å². The zero-order chi connectivity index (χ0) is 12.8. The second kappa shape index (κ2) is 6.17. The van der Waals surface area contributed by atoms with Crippen molar-refractivity contribution in [1.82, 2.24) is 10.3 Å². The van der Waals surface area contributed by atoms with Crippen LogP contribution >= 0.6 is 0 Å². The average Bonchev–Trinajstić information content (AvgIpc) is 2.38. The molecule has 0 saturated heterocycles. The minimum atomic E-state index is 0.503. The fraction of sp³-hybridized carbons (Fsp3) is 0.267. The van der Waals surface area contributed by atoms with Gasteiger partial charge in [-0.1, -0.05) is 18.2 Å². The molecule has 1 aromatic heterocycles. The summed E-state index contributed by atoms with van der Waals surface area (Å²) in [6, 6.07) is 12.1. The maximum absolute atomic E-state index is 5.69. The molecule has 0 radical (unpaired) electrons. The Balaban J connectivity index is 1.93. The Morgan fingerprint density at radius 2 is 2.11 bits per heavy atom. The van der Waals surface area contributed by atoms with Crippen LogP contribution in [0.25, 0.3) is 0 Å². The van der Waals surface area contributed by atoms with E-state index in [1.54, 1.807) is 0 Å². The lowest BCUT2D eigenvalue weighted by atomic mass is 10.2. The van der Waals surface area contributed by atoms with E-state index >= 15 is 0 Å². The van der Waals surface area contributed by atoms with E-state index in [0.717, 1.165) is 18.0 Å². The van der Waals surface area contributed by atoms with Gasteiger partial charge in [0.25, 0.3) is 0 Å². The van der Waals surface area contributed by atoms with Crippen molar-refractivity contribution in [3.63, 3.8) is 0 Å². The fourth-order valence-corrected chi connectivity index (χ4v) is 1.71. The lowest BCUT2D eigenvalue weighted by Gasteiger charge is -2.07. The summed E-state index contributed by atoms with van der Waals surface area (Å²) in [6.07, 6.45) is 1.88. The van der Waals surface area contributed by atoms with Crippen LogP contribution in [0.2, 0.25) is 0 Å². The van der Waals surface area contributed by atoms with Gasteiger partial charge in [0.2, 0.25) is 0 Å². The van der Waals surface area contributed by atoms with E-state index in [1.165, 1.54) is 11.1 Å².